The minimum Gasteiger partial charge on any atom is -0.394 e. The van der Waals surface area contributed by atoms with E-state index in [0.717, 1.165) is 18.4 Å². The van der Waals surface area contributed by atoms with Crippen molar-refractivity contribution in [2.45, 2.75) is 44.6 Å². The molecule has 1 atom stereocenters. The van der Waals surface area contributed by atoms with Crippen LogP contribution in [0.15, 0.2) is 24.3 Å². The van der Waals surface area contributed by atoms with Gasteiger partial charge in [0, 0.05) is 12.0 Å². The minimum atomic E-state index is -0.562. The zero-order valence-electron chi connectivity index (χ0n) is 13.4. The Morgan fingerprint density at radius 1 is 1.36 bits per heavy atom. The first kappa shape index (κ1) is 16.7. The molecule has 2 rings (SSSR count). The fourth-order valence-corrected chi connectivity index (χ4v) is 2.61. The van der Waals surface area contributed by atoms with Crippen LogP contribution in [-0.4, -0.2) is 29.8 Å². The molecule has 0 bridgehead atoms. The Morgan fingerprint density at radius 3 is 2.59 bits per heavy atom. The first-order valence-electron chi connectivity index (χ1n) is 7.70. The number of aliphatic hydroxyl groups is 1. The second kappa shape index (κ2) is 6.24. The first-order chi connectivity index (χ1) is 10.3. The number of benzene rings is 1. The summed E-state index contributed by atoms with van der Waals surface area (Å²) in [4.78, 5) is 12.1. The van der Waals surface area contributed by atoms with Gasteiger partial charge in [0.15, 0.2) is 0 Å². The lowest BCUT2D eigenvalue weighted by atomic mass is 9.84. The lowest BCUT2D eigenvalue weighted by Gasteiger charge is -2.31. The maximum Gasteiger partial charge on any atom is 0.315 e. The molecule has 0 aliphatic heterocycles. The Morgan fingerprint density at radius 2 is 2.05 bits per heavy atom. The number of hydrogen-bond donors (Lipinski definition) is 3. The van der Waals surface area contributed by atoms with E-state index in [-0.39, 0.29) is 23.9 Å². The summed E-state index contributed by atoms with van der Waals surface area (Å²) < 4.78 is 13.3. The molecule has 0 saturated heterocycles. The lowest BCUT2D eigenvalue weighted by Crippen LogP contribution is -2.55. The van der Waals surface area contributed by atoms with Gasteiger partial charge in [-0.3, -0.25) is 0 Å². The molecule has 1 unspecified atom stereocenters. The van der Waals surface area contributed by atoms with Gasteiger partial charge in [-0.1, -0.05) is 26.0 Å². The fraction of sp³-hybridized carbons (Fsp3) is 0.588. The summed E-state index contributed by atoms with van der Waals surface area (Å²) in [5.41, 5.74) is -0.109. The first-order valence-corrected chi connectivity index (χ1v) is 7.70. The Labute approximate surface area is 131 Å². The molecule has 1 aromatic rings. The van der Waals surface area contributed by atoms with E-state index in [1.54, 1.807) is 6.07 Å². The van der Waals surface area contributed by atoms with Crippen LogP contribution in [0.3, 0.4) is 0 Å². The Kier molecular flexibility index (Phi) is 4.75. The van der Waals surface area contributed by atoms with Crippen LogP contribution in [0.5, 0.6) is 0 Å². The average Bonchev–Trinajstić information content (AvgIpc) is 3.30. The van der Waals surface area contributed by atoms with Crippen molar-refractivity contribution in [2.24, 2.45) is 5.92 Å². The van der Waals surface area contributed by atoms with Crippen LogP contribution in [0.25, 0.3) is 0 Å². The minimum absolute atomic E-state index is 0.0711. The lowest BCUT2D eigenvalue weighted by molar-refractivity contribution is 0.154. The van der Waals surface area contributed by atoms with E-state index < -0.39 is 5.54 Å². The van der Waals surface area contributed by atoms with Crippen molar-refractivity contribution in [1.29, 1.82) is 0 Å². The number of carbonyl (C=O) groups excluding carboxylic acids is 1. The molecule has 4 nitrogen and oxygen atoms in total. The molecule has 0 spiro atoms. The zero-order valence-corrected chi connectivity index (χ0v) is 13.4. The van der Waals surface area contributed by atoms with Gasteiger partial charge in [-0.05, 0) is 43.4 Å². The van der Waals surface area contributed by atoms with Crippen molar-refractivity contribution in [1.82, 2.24) is 10.6 Å². The Bertz CT molecular complexity index is 543. The summed E-state index contributed by atoms with van der Waals surface area (Å²) in [5.74, 6) is 0.0658. The van der Waals surface area contributed by atoms with Crippen LogP contribution >= 0.6 is 0 Å². The van der Waals surface area contributed by atoms with Crippen molar-refractivity contribution in [3.63, 3.8) is 0 Å². The number of rotatable bonds is 6. The van der Waals surface area contributed by atoms with Crippen molar-refractivity contribution in [3.8, 4) is 0 Å². The van der Waals surface area contributed by atoms with Crippen molar-refractivity contribution in [2.75, 3.05) is 13.2 Å². The summed E-state index contributed by atoms with van der Waals surface area (Å²) in [6.07, 6.45) is 2.07. The van der Waals surface area contributed by atoms with Gasteiger partial charge in [-0.15, -0.1) is 0 Å². The summed E-state index contributed by atoms with van der Waals surface area (Å²) in [6.45, 7) is 6.08. The van der Waals surface area contributed by atoms with Gasteiger partial charge in [0.1, 0.15) is 5.82 Å². The van der Waals surface area contributed by atoms with Gasteiger partial charge in [0.05, 0.1) is 12.1 Å². The highest BCUT2D eigenvalue weighted by atomic mass is 19.1. The molecule has 1 aliphatic carbocycles. The number of urea groups is 1. The average molecular weight is 308 g/mol. The SMILES string of the molecule is CC(C)(CNC(=O)NC(C)(CO)C1CC1)c1cccc(F)c1. The summed E-state index contributed by atoms with van der Waals surface area (Å²) in [7, 11) is 0. The van der Waals surface area contributed by atoms with Gasteiger partial charge >= 0.3 is 6.03 Å². The molecule has 1 aliphatic rings. The molecule has 22 heavy (non-hydrogen) atoms. The molecule has 1 fully saturated rings. The maximum atomic E-state index is 13.3. The number of hydrogen-bond acceptors (Lipinski definition) is 2. The second-order valence-electron chi connectivity index (χ2n) is 7.05. The molecule has 5 heteroatoms. The maximum absolute atomic E-state index is 13.3. The topological polar surface area (TPSA) is 61.4 Å². The van der Waals surface area contributed by atoms with Gasteiger partial charge in [0.25, 0.3) is 0 Å². The van der Waals surface area contributed by atoms with Crippen LogP contribution in [-0.2, 0) is 5.41 Å². The molecular weight excluding hydrogens is 283 g/mol. The van der Waals surface area contributed by atoms with E-state index in [1.807, 2.05) is 26.8 Å². The number of nitrogens with one attached hydrogen (secondary N) is 2. The number of halogens is 1. The Hall–Kier alpha value is -1.62. The third kappa shape index (κ3) is 3.97. The van der Waals surface area contributed by atoms with E-state index in [9.17, 15) is 14.3 Å². The quantitative estimate of drug-likeness (QED) is 0.756. The second-order valence-corrected chi connectivity index (χ2v) is 7.05. The van der Waals surface area contributed by atoms with Gasteiger partial charge in [-0.25, -0.2) is 9.18 Å². The van der Waals surface area contributed by atoms with Crippen LogP contribution < -0.4 is 10.6 Å². The van der Waals surface area contributed by atoms with E-state index in [0.29, 0.717) is 12.5 Å². The van der Waals surface area contributed by atoms with Gasteiger partial charge < -0.3 is 15.7 Å². The van der Waals surface area contributed by atoms with Crippen LogP contribution in [0, 0.1) is 11.7 Å². The third-order valence-corrected chi connectivity index (χ3v) is 4.50. The summed E-state index contributed by atoms with van der Waals surface area (Å²) in [6, 6.07) is 6.12. The molecule has 2 amide bonds. The van der Waals surface area contributed by atoms with Crippen molar-refractivity contribution < 1.29 is 14.3 Å². The van der Waals surface area contributed by atoms with Crippen molar-refractivity contribution in [3.05, 3.63) is 35.6 Å². The predicted octanol–water partition coefficient (Wildman–Crippen LogP) is 2.56. The van der Waals surface area contributed by atoms with E-state index in [1.165, 1.54) is 12.1 Å². The number of carbonyl (C=O) groups is 1. The largest absolute Gasteiger partial charge is 0.394 e. The highest BCUT2D eigenvalue weighted by Gasteiger charge is 2.42. The Balaban J connectivity index is 1.92. The highest BCUT2D eigenvalue weighted by molar-refractivity contribution is 5.75. The van der Waals surface area contributed by atoms with Gasteiger partial charge in [0.2, 0.25) is 0 Å². The standard InChI is InChI=1S/C17H25FN2O2/c1-16(2,13-5-4-6-14(18)9-13)10-19-15(22)20-17(3,11-21)12-7-8-12/h4-6,9,12,21H,7-8,10-11H2,1-3H3,(H2,19,20,22). The van der Waals surface area contributed by atoms with Crippen molar-refractivity contribution >= 4 is 6.03 Å². The highest BCUT2D eigenvalue weighted by Crippen LogP contribution is 2.39. The third-order valence-electron chi connectivity index (χ3n) is 4.50. The van der Waals surface area contributed by atoms with Crippen LogP contribution in [0.4, 0.5) is 9.18 Å². The van der Waals surface area contributed by atoms with Gasteiger partial charge in [-0.2, -0.15) is 0 Å². The van der Waals surface area contributed by atoms with E-state index in [2.05, 4.69) is 10.6 Å². The number of aliphatic hydroxyl groups excluding tert-OH is 1. The molecular formula is C17H25FN2O2. The van der Waals surface area contributed by atoms with E-state index in [4.69, 9.17) is 0 Å². The fourth-order valence-electron chi connectivity index (χ4n) is 2.61. The van der Waals surface area contributed by atoms with Crippen LogP contribution in [0.1, 0.15) is 39.2 Å². The molecule has 1 aromatic carbocycles. The molecule has 0 heterocycles. The molecule has 0 radical (unpaired) electrons. The molecule has 3 N–H and O–H groups in total. The predicted molar refractivity (Wildman–Crippen MR) is 84.2 cm³/mol. The normalized spacial score (nSPS) is 17.7. The molecule has 1 saturated carbocycles. The molecule has 122 valence electrons. The summed E-state index contributed by atoms with van der Waals surface area (Å²) >= 11 is 0. The van der Waals surface area contributed by atoms with Crippen LogP contribution in [0.2, 0.25) is 0 Å². The molecule has 0 aromatic heterocycles. The summed E-state index contributed by atoms with van der Waals surface area (Å²) in [5, 5.41) is 15.2. The zero-order chi connectivity index (χ0) is 16.4. The monoisotopic (exact) mass is 308 g/mol. The van der Waals surface area contributed by atoms with E-state index >= 15 is 0 Å². The number of amides is 2. The smallest absolute Gasteiger partial charge is 0.315 e.